The molecule has 1 aromatic rings. The van der Waals surface area contributed by atoms with Crippen molar-refractivity contribution in [1.29, 1.82) is 0 Å². The third kappa shape index (κ3) is 3.05. The van der Waals surface area contributed by atoms with Crippen LogP contribution in [0.25, 0.3) is 0 Å². The number of anilines is 1. The van der Waals surface area contributed by atoms with Crippen molar-refractivity contribution in [3.8, 4) is 0 Å². The van der Waals surface area contributed by atoms with E-state index in [0.29, 0.717) is 11.9 Å². The van der Waals surface area contributed by atoms with E-state index in [4.69, 9.17) is 23.2 Å². The molecule has 3 heteroatoms. The molecule has 0 bridgehead atoms. The molecule has 0 saturated carbocycles. The van der Waals surface area contributed by atoms with Crippen LogP contribution < -0.4 is 4.90 Å². The molecule has 0 fully saturated rings. The van der Waals surface area contributed by atoms with E-state index in [1.165, 1.54) is 0 Å². The number of hydrogen-bond donors (Lipinski definition) is 0. The fourth-order valence-electron chi connectivity index (χ4n) is 2.01. The summed E-state index contributed by atoms with van der Waals surface area (Å²) in [5.41, 5.74) is 2.29. The highest BCUT2D eigenvalue weighted by Crippen LogP contribution is 2.28. The first-order valence-electron chi connectivity index (χ1n) is 5.71. The molecule has 90 valence electrons. The lowest BCUT2D eigenvalue weighted by molar-refractivity contribution is 0.590. The Bertz CT molecular complexity index is 335. The van der Waals surface area contributed by atoms with Gasteiger partial charge in [-0.3, -0.25) is 0 Å². The maximum Gasteiger partial charge on any atom is 0.0494 e. The van der Waals surface area contributed by atoms with Crippen LogP contribution in [0.15, 0.2) is 18.2 Å². The van der Waals surface area contributed by atoms with Crippen LogP contribution in [-0.4, -0.2) is 13.1 Å². The topological polar surface area (TPSA) is 3.24 Å². The molecular weight excluding hydrogens is 241 g/mol. The number of nitrogens with zero attached hydrogens (tertiary/aromatic N) is 1. The lowest BCUT2D eigenvalue weighted by atomic mass is 10.1. The van der Waals surface area contributed by atoms with Crippen LogP contribution in [0, 0.1) is 0 Å². The first-order chi connectivity index (χ1) is 7.63. The third-order valence-corrected chi connectivity index (χ3v) is 3.58. The van der Waals surface area contributed by atoms with Crippen LogP contribution in [0.2, 0.25) is 5.02 Å². The third-order valence-electron chi connectivity index (χ3n) is 3.06. The van der Waals surface area contributed by atoms with Gasteiger partial charge in [-0.25, -0.2) is 0 Å². The molecule has 0 unspecified atom stereocenters. The zero-order valence-electron chi connectivity index (χ0n) is 10.1. The second-order valence-corrected chi connectivity index (χ2v) is 4.69. The number of benzene rings is 1. The van der Waals surface area contributed by atoms with Gasteiger partial charge >= 0.3 is 0 Å². The van der Waals surface area contributed by atoms with Crippen molar-refractivity contribution >= 4 is 28.9 Å². The summed E-state index contributed by atoms with van der Waals surface area (Å²) in [5, 5.41) is 0.765. The number of alkyl halides is 1. The van der Waals surface area contributed by atoms with Gasteiger partial charge in [-0.2, -0.15) is 0 Å². The minimum Gasteiger partial charge on any atom is -0.371 e. The molecule has 0 amide bonds. The van der Waals surface area contributed by atoms with Crippen LogP contribution in [0.4, 0.5) is 5.69 Å². The molecular formula is C13H19Cl2N. The smallest absolute Gasteiger partial charge is 0.0494 e. The molecule has 0 aromatic heterocycles. The highest BCUT2D eigenvalue weighted by molar-refractivity contribution is 6.31. The summed E-state index contributed by atoms with van der Waals surface area (Å²) < 4.78 is 0. The van der Waals surface area contributed by atoms with Crippen LogP contribution in [0.3, 0.4) is 0 Å². The van der Waals surface area contributed by atoms with Crippen molar-refractivity contribution < 1.29 is 0 Å². The summed E-state index contributed by atoms with van der Waals surface area (Å²) in [7, 11) is 2.11. The Balaban J connectivity index is 3.04. The second-order valence-electron chi connectivity index (χ2n) is 3.99. The fourth-order valence-corrected chi connectivity index (χ4v) is 2.40. The van der Waals surface area contributed by atoms with Gasteiger partial charge in [-0.1, -0.05) is 31.5 Å². The van der Waals surface area contributed by atoms with E-state index < -0.39 is 0 Å². The lowest BCUT2D eigenvalue weighted by Gasteiger charge is -2.30. The Labute approximate surface area is 108 Å². The standard InChI is InChI=1S/C13H19Cl2N/c1-4-12(5-2)16(3)13-8-11(15)7-6-10(13)9-14/h6-8,12H,4-5,9H2,1-3H3. The average Bonchev–Trinajstić information content (AvgIpc) is 2.30. The van der Waals surface area contributed by atoms with Gasteiger partial charge in [0.2, 0.25) is 0 Å². The molecule has 0 heterocycles. The number of rotatable bonds is 5. The first kappa shape index (κ1) is 13.7. The van der Waals surface area contributed by atoms with Crippen molar-refractivity contribution in [2.75, 3.05) is 11.9 Å². The average molecular weight is 260 g/mol. The summed E-state index contributed by atoms with van der Waals surface area (Å²) in [5.74, 6) is 0.525. The van der Waals surface area contributed by atoms with Gasteiger partial charge in [0.1, 0.15) is 0 Å². The zero-order chi connectivity index (χ0) is 12.1. The van der Waals surface area contributed by atoms with Crippen molar-refractivity contribution in [3.63, 3.8) is 0 Å². The van der Waals surface area contributed by atoms with Gasteiger partial charge < -0.3 is 4.90 Å². The van der Waals surface area contributed by atoms with Gasteiger partial charge in [0, 0.05) is 29.7 Å². The van der Waals surface area contributed by atoms with E-state index >= 15 is 0 Å². The quantitative estimate of drug-likeness (QED) is 0.693. The maximum atomic E-state index is 6.04. The Morgan fingerprint density at radius 3 is 2.38 bits per heavy atom. The molecule has 0 saturated heterocycles. The monoisotopic (exact) mass is 259 g/mol. The van der Waals surface area contributed by atoms with Crippen LogP contribution in [0.1, 0.15) is 32.3 Å². The molecule has 0 radical (unpaired) electrons. The summed E-state index contributed by atoms with van der Waals surface area (Å²) in [6, 6.07) is 6.44. The van der Waals surface area contributed by atoms with Crippen molar-refractivity contribution in [2.45, 2.75) is 38.6 Å². The minimum absolute atomic E-state index is 0.525. The van der Waals surface area contributed by atoms with Gasteiger partial charge in [0.05, 0.1) is 0 Å². The predicted octanol–water partition coefficient (Wildman–Crippen LogP) is 4.70. The molecule has 1 nitrogen and oxygen atoms in total. The van der Waals surface area contributed by atoms with E-state index in [2.05, 4.69) is 25.8 Å². The minimum atomic E-state index is 0.525. The Morgan fingerprint density at radius 2 is 1.88 bits per heavy atom. The molecule has 1 aromatic carbocycles. The molecule has 0 aliphatic heterocycles. The highest BCUT2D eigenvalue weighted by Gasteiger charge is 2.14. The summed E-state index contributed by atoms with van der Waals surface area (Å²) in [4.78, 5) is 2.28. The van der Waals surface area contributed by atoms with Crippen LogP contribution in [0.5, 0.6) is 0 Å². The Hall–Kier alpha value is -0.400. The normalized spacial score (nSPS) is 10.9. The summed E-state index contributed by atoms with van der Waals surface area (Å²) in [6.45, 7) is 4.41. The Morgan fingerprint density at radius 1 is 1.25 bits per heavy atom. The van der Waals surface area contributed by atoms with E-state index in [9.17, 15) is 0 Å². The maximum absolute atomic E-state index is 6.04. The van der Waals surface area contributed by atoms with Crippen molar-refractivity contribution in [3.05, 3.63) is 28.8 Å². The molecule has 0 aliphatic carbocycles. The van der Waals surface area contributed by atoms with Crippen molar-refractivity contribution in [1.82, 2.24) is 0 Å². The zero-order valence-corrected chi connectivity index (χ0v) is 11.6. The largest absolute Gasteiger partial charge is 0.371 e. The van der Waals surface area contributed by atoms with E-state index in [0.717, 1.165) is 29.1 Å². The number of halogens is 2. The molecule has 16 heavy (non-hydrogen) atoms. The Kier molecular flexibility index (Phi) is 5.43. The highest BCUT2D eigenvalue weighted by atomic mass is 35.5. The molecule has 0 atom stereocenters. The predicted molar refractivity (Wildman–Crippen MR) is 73.8 cm³/mol. The van der Waals surface area contributed by atoms with Crippen LogP contribution in [-0.2, 0) is 5.88 Å². The number of hydrogen-bond acceptors (Lipinski definition) is 1. The second kappa shape index (κ2) is 6.36. The van der Waals surface area contributed by atoms with Crippen molar-refractivity contribution in [2.24, 2.45) is 0 Å². The van der Waals surface area contributed by atoms with Gasteiger partial charge in [0.25, 0.3) is 0 Å². The molecule has 0 N–H and O–H groups in total. The summed E-state index contributed by atoms with van der Waals surface area (Å²) >= 11 is 12.0. The lowest BCUT2D eigenvalue weighted by Crippen LogP contribution is -2.31. The fraction of sp³-hybridized carbons (Fsp3) is 0.538. The molecule has 1 rings (SSSR count). The van der Waals surface area contributed by atoms with E-state index in [-0.39, 0.29) is 0 Å². The SMILES string of the molecule is CCC(CC)N(C)c1cc(Cl)ccc1CCl. The van der Waals surface area contributed by atoms with Gasteiger partial charge in [-0.05, 0) is 30.5 Å². The van der Waals surface area contributed by atoms with E-state index in [1.54, 1.807) is 0 Å². The van der Waals surface area contributed by atoms with Crippen LogP contribution >= 0.6 is 23.2 Å². The van der Waals surface area contributed by atoms with Gasteiger partial charge in [0.15, 0.2) is 0 Å². The van der Waals surface area contributed by atoms with E-state index in [1.807, 2.05) is 18.2 Å². The molecule has 0 spiro atoms. The summed E-state index contributed by atoms with van der Waals surface area (Å²) in [6.07, 6.45) is 2.25. The first-order valence-corrected chi connectivity index (χ1v) is 6.62. The molecule has 0 aliphatic rings. The van der Waals surface area contributed by atoms with Gasteiger partial charge in [-0.15, -0.1) is 11.6 Å².